The van der Waals surface area contributed by atoms with Crippen LogP contribution in [0.4, 0.5) is 11.4 Å². The molecule has 162 valence electrons. The van der Waals surface area contributed by atoms with Gasteiger partial charge in [0.1, 0.15) is 11.2 Å². The zero-order chi connectivity index (χ0) is 22.1. The molecule has 3 nitrogen and oxygen atoms in total. The number of thiazole rings is 1. The number of aromatic nitrogens is 1. The molecule has 0 saturated carbocycles. The molecular formula is C28H29N3S. The number of likely N-dealkylation sites (N-methyl/N-ethyl adjacent to an activating group) is 1. The lowest BCUT2D eigenvalue weighted by Crippen LogP contribution is -2.50. The predicted molar refractivity (Wildman–Crippen MR) is 138 cm³/mol. The summed E-state index contributed by atoms with van der Waals surface area (Å²) in [6, 6.07) is 28.1. The van der Waals surface area contributed by atoms with Crippen LogP contribution < -0.4 is 4.90 Å². The first-order valence-corrected chi connectivity index (χ1v) is 12.2. The zero-order valence-electron chi connectivity index (χ0n) is 19.0. The molecule has 0 spiro atoms. The Balaban J connectivity index is 1.74. The van der Waals surface area contributed by atoms with E-state index in [1.807, 2.05) is 0 Å². The molecule has 0 amide bonds. The highest BCUT2D eigenvalue weighted by Crippen LogP contribution is 2.43. The first kappa shape index (κ1) is 20.9. The Morgan fingerprint density at radius 2 is 1.62 bits per heavy atom. The van der Waals surface area contributed by atoms with Crippen LogP contribution in [0.25, 0.3) is 15.8 Å². The molecule has 0 aliphatic carbocycles. The average Bonchev–Trinajstić information content (AvgIpc) is 3.29. The van der Waals surface area contributed by atoms with E-state index in [0.29, 0.717) is 0 Å². The Morgan fingerprint density at radius 1 is 0.938 bits per heavy atom. The minimum Gasteiger partial charge on any atom is -0.321 e. The molecule has 0 bridgehead atoms. The van der Waals surface area contributed by atoms with Gasteiger partial charge in [-0.25, -0.2) is 4.98 Å². The van der Waals surface area contributed by atoms with Crippen LogP contribution in [0.2, 0.25) is 0 Å². The number of rotatable bonds is 5. The van der Waals surface area contributed by atoms with Crippen LogP contribution in [-0.2, 0) is 6.42 Å². The van der Waals surface area contributed by atoms with Crippen LogP contribution in [0, 0.1) is 0 Å². The van der Waals surface area contributed by atoms with Gasteiger partial charge in [-0.2, -0.15) is 0 Å². The van der Waals surface area contributed by atoms with Gasteiger partial charge in [0.15, 0.2) is 0 Å². The number of hydrogen-bond donors (Lipinski definition) is 0. The lowest BCUT2D eigenvalue weighted by Gasteiger charge is -2.46. The monoisotopic (exact) mass is 439 g/mol. The third-order valence-corrected chi connectivity index (χ3v) is 7.63. The number of allylic oxidation sites excluding steroid dienone is 1. The van der Waals surface area contributed by atoms with E-state index in [9.17, 15) is 0 Å². The number of fused-ring (bicyclic) bond motifs is 2. The van der Waals surface area contributed by atoms with Crippen molar-refractivity contribution < 1.29 is 0 Å². The summed E-state index contributed by atoms with van der Waals surface area (Å²) >= 11 is 1.80. The largest absolute Gasteiger partial charge is 0.321 e. The first-order valence-electron chi connectivity index (χ1n) is 11.4. The van der Waals surface area contributed by atoms with E-state index in [2.05, 4.69) is 109 Å². The number of anilines is 2. The topological polar surface area (TPSA) is 19.4 Å². The molecule has 1 unspecified atom stereocenters. The van der Waals surface area contributed by atoms with Crippen molar-refractivity contribution in [1.29, 1.82) is 0 Å². The van der Waals surface area contributed by atoms with Crippen LogP contribution >= 0.6 is 11.3 Å². The maximum Gasteiger partial charge on any atom is 0.120 e. The van der Waals surface area contributed by atoms with Crippen LogP contribution in [0.5, 0.6) is 0 Å². The average molecular weight is 440 g/mol. The second-order valence-corrected chi connectivity index (χ2v) is 9.27. The third kappa shape index (κ3) is 3.64. The Hall–Kier alpha value is -2.95. The predicted octanol–water partition coefficient (Wildman–Crippen LogP) is 7.13. The molecule has 4 heteroatoms. The highest BCUT2D eigenvalue weighted by atomic mass is 32.1. The molecule has 1 aromatic heterocycles. The fourth-order valence-electron chi connectivity index (χ4n) is 4.80. The van der Waals surface area contributed by atoms with E-state index in [1.165, 1.54) is 32.8 Å². The van der Waals surface area contributed by atoms with Gasteiger partial charge in [-0.15, -0.1) is 11.3 Å². The normalized spacial score (nSPS) is 17.6. The molecule has 0 N–H and O–H groups in total. The van der Waals surface area contributed by atoms with Gasteiger partial charge >= 0.3 is 0 Å². The molecule has 32 heavy (non-hydrogen) atoms. The van der Waals surface area contributed by atoms with Crippen molar-refractivity contribution in [2.24, 2.45) is 0 Å². The summed E-state index contributed by atoms with van der Waals surface area (Å²) in [4.78, 5) is 10.1. The minimum absolute atomic E-state index is 0.161. The summed E-state index contributed by atoms with van der Waals surface area (Å²) in [5.74, 6) is 0. The molecule has 2 heterocycles. The first-order chi connectivity index (χ1) is 15.7. The van der Waals surface area contributed by atoms with Gasteiger partial charge in [0.25, 0.3) is 0 Å². The Labute approximate surface area is 194 Å². The minimum atomic E-state index is 0.161. The van der Waals surface area contributed by atoms with Gasteiger partial charge in [0.2, 0.25) is 0 Å². The van der Waals surface area contributed by atoms with E-state index < -0.39 is 0 Å². The van der Waals surface area contributed by atoms with E-state index in [-0.39, 0.29) is 6.17 Å². The van der Waals surface area contributed by atoms with Gasteiger partial charge in [0.05, 0.1) is 10.2 Å². The lowest BCUT2D eigenvalue weighted by molar-refractivity contribution is 0.242. The molecule has 1 aliphatic rings. The van der Waals surface area contributed by atoms with Crippen molar-refractivity contribution in [3.8, 4) is 0 Å². The molecule has 0 radical (unpaired) electrons. The SMILES string of the molecule is CCN(CC)C1C(=C(C)c2nc3ccccc3s2)Cc2ccccc2N1c1ccccc1. The number of para-hydroxylation sites is 3. The van der Waals surface area contributed by atoms with Crippen molar-refractivity contribution in [2.75, 3.05) is 18.0 Å². The maximum atomic E-state index is 5.01. The molecule has 0 fully saturated rings. The number of nitrogens with zero attached hydrogens (tertiary/aromatic N) is 3. The van der Waals surface area contributed by atoms with Gasteiger partial charge in [-0.1, -0.05) is 62.4 Å². The zero-order valence-corrected chi connectivity index (χ0v) is 19.8. The van der Waals surface area contributed by atoms with Gasteiger partial charge in [-0.3, -0.25) is 4.90 Å². The second kappa shape index (κ2) is 8.89. The van der Waals surface area contributed by atoms with Crippen LogP contribution in [0.1, 0.15) is 31.3 Å². The van der Waals surface area contributed by atoms with Crippen molar-refractivity contribution >= 4 is 38.5 Å². The standard InChI is InChI=1S/C28H29N3S/c1-4-30(5-2)28-23(20(3)27-29-24-16-10-12-18-26(24)32-27)19-21-13-9-11-17-25(21)31(28)22-14-7-6-8-15-22/h6-18,28H,4-5,19H2,1-3H3. The summed E-state index contributed by atoms with van der Waals surface area (Å²) < 4.78 is 1.25. The number of benzene rings is 3. The van der Waals surface area contributed by atoms with E-state index in [1.54, 1.807) is 11.3 Å². The van der Waals surface area contributed by atoms with Gasteiger partial charge in [0, 0.05) is 11.4 Å². The van der Waals surface area contributed by atoms with E-state index in [4.69, 9.17) is 4.98 Å². The molecular weight excluding hydrogens is 410 g/mol. The summed E-state index contributed by atoms with van der Waals surface area (Å²) in [5.41, 5.74) is 7.73. The Bertz CT molecular complexity index is 1220. The fourth-order valence-corrected chi connectivity index (χ4v) is 5.80. The van der Waals surface area contributed by atoms with Gasteiger partial charge in [-0.05, 0) is 73.5 Å². The summed E-state index contributed by atoms with van der Waals surface area (Å²) in [6.45, 7) is 8.77. The van der Waals surface area contributed by atoms with Crippen LogP contribution in [-0.4, -0.2) is 29.1 Å². The lowest BCUT2D eigenvalue weighted by atomic mass is 9.90. The maximum absolute atomic E-state index is 5.01. The van der Waals surface area contributed by atoms with Crippen LogP contribution in [0.15, 0.2) is 84.4 Å². The smallest absolute Gasteiger partial charge is 0.120 e. The highest BCUT2D eigenvalue weighted by molar-refractivity contribution is 7.19. The molecule has 0 saturated heterocycles. The fraction of sp³-hybridized carbons (Fsp3) is 0.250. The van der Waals surface area contributed by atoms with Crippen molar-refractivity contribution in [3.63, 3.8) is 0 Å². The van der Waals surface area contributed by atoms with Crippen LogP contribution in [0.3, 0.4) is 0 Å². The third-order valence-electron chi connectivity index (χ3n) is 6.48. The second-order valence-electron chi connectivity index (χ2n) is 8.24. The van der Waals surface area contributed by atoms with Crippen molar-refractivity contribution in [1.82, 2.24) is 9.88 Å². The Morgan fingerprint density at radius 3 is 2.38 bits per heavy atom. The van der Waals surface area contributed by atoms with E-state index in [0.717, 1.165) is 30.0 Å². The Kier molecular flexibility index (Phi) is 5.81. The molecule has 3 aromatic carbocycles. The number of hydrogen-bond acceptors (Lipinski definition) is 4. The van der Waals surface area contributed by atoms with Gasteiger partial charge < -0.3 is 4.90 Å². The molecule has 1 aliphatic heterocycles. The highest BCUT2D eigenvalue weighted by Gasteiger charge is 2.35. The summed E-state index contributed by atoms with van der Waals surface area (Å²) in [5, 5.41) is 1.13. The van der Waals surface area contributed by atoms with Crippen molar-refractivity contribution in [3.05, 3.63) is 95.0 Å². The molecule has 1 atom stereocenters. The van der Waals surface area contributed by atoms with E-state index >= 15 is 0 Å². The van der Waals surface area contributed by atoms with Crippen molar-refractivity contribution in [2.45, 2.75) is 33.4 Å². The summed E-state index contributed by atoms with van der Waals surface area (Å²) in [7, 11) is 0. The summed E-state index contributed by atoms with van der Waals surface area (Å²) in [6.07, 6.45) is 1.11. The quantitative estimate of drug-likeness (QED) is 0.330. The molecule has 4 aromatic rings. The molecule has 5 rings (SSSR count).